The number of primary amides is 1. The summed E-state index contributed by atoms with van der Waals surface area (Å²) in [5.74, 6) is -0.867. The number of carbonyl (C=O) groups excluding carboxylic acids is 2. The van der Waals surface area contributed by atoms with E-state index in [1.165, 1.54) is 16.5 Å². The number of hydrogen-bond acceptors (Lipinski definition) is 5. The number of piperazine rings is 1. The van der Waals surface area contributed by atoms with Gasteiger partial charge in [-0.15, -0.1) is 0 Å². The molecule has 1 unspecified atom stereocenters. The van der Waals surface area contributed by atoms with Crippen LogP contribution in [0.15, 0.2) is 47.3 Å². The Kier molecular flexibility index (Phi) is 6.20. The maximum absolute atomic E-state index is 12.7. The highest BCUT2D eigenvalue weighted by Crippen LogP contribution is 2.12. The van der Waals surface area contributed by atoms with Crippen molar-refractivity contribution in [2.45, 2.75) is 25.9 Å². The summed E-state index contributed by atoms with van der Waals surface area (Å²) in [5.41, 5.74) is 7.08. The van der Waals surface area contributed by atoms with Gasteiger partial charge in [-0.3, -0.25) is 19.3 Å². The Morgan fingerprint density at radius 2 is 1.89 bits per heavy atom. The van der Waals surface area contributed by atoms with Crippen LogP contribution in [0.3, 0.4) is 0 Å². The molecular weight excluding hydrogens is 358 g/mol. The molecule has 0 radical (unpaired) electrons. The molecule has 1 fully saturated rings. The number of nitrogens with two attached hydrogens (primary N) is 1. The summed E-state index contributed by atoms with van der Waals surface area (Å²) >= 11 is 0. The maximum Gasteiger partial charge on any atom is 0.267 e. The summed E-state index contributed by atoms with van der Waals surface area (Å²) in [5, 5.41) is 4.09. The Morgan fingerprint density at radius 3 is 2.61 bits per heavy atom. The zero-order valence-electron chi connectivity index (χ0n) is 16.0. The van der Waals surface area contributed by atoms with Gasteiger partial charge in [0.2, 0.25) is 11.8 Å². The summed E-state index contributed by atoms with van der Waals surface area (Å²) in [6.45, 7) is 3.77. The average Bonchev–Trinajstić information content (AvgIpc) is 2.69. The third-order valence-electron chi connectivity index (χ3n) is 4.96. The lowest BCUT2D eigenvalue weighted by atomic mass is 10.1. The molecule has 1 aliphatic rings. The summed E-state index contributed by atoms with van der Waals surface area (Å²) in [6.07, 6.45) is 0.864. The molecule has 1 atom stereocenters. The standard InChI is InChI=1S/C20H25N5O3/c1-15-7-8-18(26)25(22-15)14-19(27)24-12-11-23(13-17(24)20(21)28)10-9-16-5-3-2-4-6-16/h2-8,17H,9-14H2,1H3,(H2,21,28). The first-order valence-electron chi connectivity index (χ1n) is 9.34. The maximum atomic E-state index is 12.7. The van der Waals surface area contributed by atoms with Crippen LogP contribution in [0.2, 0.25) is 0 Å². The molecule has 8 nitrogen and oxygen atoms in total. The van der Waals surface area contributed by atoms with Crippen molar-refractivity contribution in [1.82, 2.24) is 19.6 Å². The molecule has 8 heteroatoms. The number of nitrogens with zero attached hydrogens (tertiary/aromatic N) is 4. The number of aryl methyl sites for hydroxylation is 1. The number of carbonyl (C=O) groups is 2. The summed E-state index contributed by atoms with van der Waals surface area (Å²) < 4.78 is 1.12. The van der Waals surface area contributed by atoms with Gasteiger partial charge in [0.15, 0.2) is 0 Å². The second kappa shape index (κ2) is 8.79. The topological polar surface area (TPSA) is 102 Å². The van der Waals surface area contributed by atoms with Crippen LogP contribution in [0.5, 0.6) is 0 Å². The molecule has 0 saturated carbocycles. The van der Waals surface area contributed by atoms with Crippen molar-refractivity contribution in [1.29, 1.82) is 0 Å². The molecule has 0 spiro atoms. The number of aromatic nitrogens is 2. The number of benzene rings is 1. The fourth-order valence-electron chi connectivity index (χ4n) is 3.40. The van der Waals surface area contributed by atoms with Crippen LogP contribution >= 0.6 is 0 Å². The quantitative estimate of drug-likeness (QED) is 0.744. The molecule has 1 aliphatic heterocycles. The molecule has 0 bridgehead atoms. The lowest BCUT2D eigenvalue weighted by molar-refractivity contribution is -0.143. The van der Waals surface area contributed by atoms with E-state index >= 15 is 0 Å². The first-order valence-corrected chi connectivity index (χ1v) is 9.34. The number of amides is 2. The summed E-state index contributed by atoms with van der Waals surface area (Å²) in [6, 6.07) is 12.4. The van der Waals surface area contributed by atoms with E-state index in [0.29, 0.717) is 25.3 Å². The predicted octanol–water partition coefficient (Wildman–Crippen LogP) is -0.207. The molecule has 2 N–H and O–H groups in total. The SMILES string of the molecule is Cc1ccc(=O)n(CC(=O)N2CCN(CCc3ccccc3)CC2C(N)=O)n1. The molecule has 2 aromatic rings. The molecule has 2 heterocycles. The first kappa shape index (κ1) is 19.8. The fraction of sp³-hybridized carbons (Fsp3) is 0.400. The van der Waals surface area contributed by atoms with Crippen LogP contribution in [0.4, 0.5) is 0 Å². The average molecular weight is 383 g/mol. The minimum Gasteiger partial charge on any atom is -0.368 e. The van der Waals surface area contributed by atoms with E-state index in [2.05, 4.69) is 22.1 Å². The molecular formula is C20H25N5O3. The normalized spacial score (nSPS) is 17.5. The van der Waals surface area contributed by atoms with Crippen molar-refractivity contribution in [3.8, 4) is 0 Å². The van der Waals surface area contributed by atoms with Crippen molar-refractivity contribution in [3.05, 3.63) is 64.1 Å². The second-order valence-corrected chi connectivity index (χ2v) is 7.01. The van der Waals surface area contributed by atoms with Crippen LogP contribution in [-0.2, 0) is 22.6 Å². The smallest absolute Gasteiger partial charge is 0.267 e. The highest BCUT2D eigenvalue weighted by molar-refractivity contribution is 5.87. The van der Waals surface area contributed by atoms with Crippen molar-refractivity contribution in [3.63, 3.8) is 0 Å². The van der Waals surface area contributed by atoms with Gasteiger partial charge in [-0.1, -0.05) is 30.3 Å². The van der Waals surface area contributed by atoms with E-state index < -0.39 is 11.9 Å². The third kappa shape index (κ3) is 4.83. The Morgan fingerprint density at radius 1 is 1.14 bits per heavy atom. The fourth-order valence-corrected chi connectivity index (χ4v) is 3.40. The number of hydrogen-bond donors (Lipinski definition) is 1. The van der Waals surface area contributed by atoms with Gasteiger partial charge in [0, 0.05) is 32.2 Å². The summed E-state index contributed by atoms with van der Waals surface area (Å²) in [7, 11) is 0. The number of rotatable bonds is 6. The third-order valence-corrected chi connectivity index (χ3v) is 4.96. The molecule has 1 saturated heterocycles. The minimum atomic E-state index is -0.711. The van der Waals surface area contributed by atoms with Gasteiger partial charge in [-0.25, -0.2) is 4.68 Å². The van der Waals surface area contributed by atoms with Gasteiger partial charge in [-0.2, -0.15) is 5.10 Å². The highest BCUT2D eigenvalue weighted by Gasteiger charge is 2.34. The van der Waals surface area contributed by atoms with Gasteiger partial charge in [0.1, 0.15) is 12.6 Å². The predicted molar refractivity (Wildman–Crippen MR) is 105 cm³/mol. The van der Waals surface area contributed by atoms with Gasteiger partial charge < -0.3 is 10.6 Å². The minimum absolute atomic E-state index is 0.200. The highest BCUT2D eigenvalue weighted by atomic mass is 16.2. The van der Waals surface area contributed by atoms with Crippen LogP contribution in [0, 0.1) is 6.92 Å². The van der Waals surface area contributed by atoms with Crippen LogP contribution < -0.4 is 11.3 Å². The molecule has 0 aliphatic carbocycles. The Hall–Kier alpha value is -3.00. The van der Waals surface area contributed by atoms with Crippen LogP contribution in [0.1, 0.15) is 11.3 Å². The molecule has 2 amide bonds. The van der Waals surface area contributed by atoms with Crippen molar-refractivity contribution < 1.29 is 9.59 Å². The van der Waals surface area contributed by atoms with Crippen LogP contribution in [0.25, 0.3) is 0 Å². The van der Waals surface area contributed by atoms with E-state index in [-0.39, 0.29) is 18.0 Å². The van der Waals surface area contributed by atoms with E-state index in [1.807, 2.05) is 18.2 Å². The first-order chi connectivity index (χ1) is 13.4. The van der Waals surface area contributed by atoms with E-state index in [4.69, 9.17) is 5.73 Å². The molecule has 1 aromatic heterocycles. The second-order valence-electron chi connectivity index (χ2n) is 7.01. The summed E-state index contributed by atoms with van der Waals surface area (Å²) in [4.78, 5) is 40.2. The lowest BCUT2D eigenvalue weighted by Gasteiger charge is -2.40. The molecule has 3 rings (SSSR count). The lowest BCUT2D eigenvalue weighted by Crippen LogP contribution is -2.60. The Labute approximate surface area is 163 Å². The van der Waals surface area contributed by atoms with Gasteiger partial charge >= 0.3 is 0 Å². The zero-order chi connectivity index (χ0) is 20.1. The Bertz CT molecular complexity index is 896. The van der Waals surface area contributed by atoms with Crippen molar-refractivity contribution in [2.24, 2.45) is 5.73 Å². The molecule has 1 aromatic carbocycles. The zero-order valence-corrected chi connectivity index (χ0v) is 16.0. The van der Waals surface area contributed by atoms with Crippen molar-refractivity contribution in [2.75, 3.05) is 26.2 Å². The van der Waals surface area contributed by atoms with Crippen molar-refractivity contribution >= 4 is 11.8 Å². The largest absolute Gasteiger partial charge is 0.368 e. The van der Waals surface area contributed by atoms with E-state index in [9.17, 15) is 14.4 Å². The molecule has 28 heavy (non-hydrogen) atoms. The van der Waals surface area contributed by atoms with E-state index in [0.717, 1.165) is 17.6 Å². The molecule has 148 valence electrons. The van der Waals surface area contributed by atoms with Gasteiger partial charge in [0.25, 0.3) is 5.56 Å². The van der Waals surface area contributed by atoms with Gasteiger partial charge in [-0.05, 0) is 25.0 Å². The van der Waals surface area contributed by atoms with Crippen LogP contribution in [-0.4, -0.2) is 63.6 Å². The Balaban J connectivity index is 1.64. The van der Waals surface area contributed by atoms with E-state index in [1.54, 1.807) is 13.0 Å². The van der Waals surface area contributed by atoms with Gasteiger partial charge in [0.05, 0.1) is 5.69 Å². The monoisotopic (exact) mass is 383 g/mol.